The van der Waals surface area contributed by atoms with Crippen molar-refractivity contribution in [3.63, 3.8) is 0 Å². The van der Waals surface area contributed by atoms with E-state index in [1.54, 1.807) is 18.7 Å². The van der Waals surface area contributed by atoms with Crippen LogP contribution in [-0.4, -0.2) is 6.26 Å². The molecule has 2 aromatic rings. The van der Waals surface area contributed by atoms with Crippen LogP contribution < -0.4 is 5.32 Å². The lowest BCUT2D eigenvalue weighted by Crippen LogP contribution is -2.04. The van der Waals surface area contributed by atoms with E-state index in [4.69, 9.17) is 4.42 Å². The van der Waals surface area contributed by atoms with Gasteiger partial charge < -0.3 is 9.73 Å². The number of benzene rings is 1. The van der Waals surface area contributed by atoms with Gasteiger partial charge in [-0.15, -0.1) is 0 Å². The van der Waals surface area contributed by atoms with Gasteiger partial charge in [0.05, 0.1) is 12.3 Å². The molecule has 0 saturated heterocycles. The first kappa shape index (κ1) is 13.9. The van der Waals surface area contributed by atoms with Crippen LogP contribution in [0.1, 0.15) is 17.1 Å². The number of hydrogen-bond acceptors (Lipinski definition) is 3. The summed E-state index contributed by atoms with van der Waals surface area (Å²) in [7, 11) is 0. The van der Waals surface area contributed by atoms with E-state index in [-0.39, 0.29) is 12.2 Å². The molecule has 2 nitrogen and oxygen atoms in total. The van der Waals surface area contributed by atoms with Gasteiger partial charge in [-0.05, 0) is 36.9 Å². The molecule has 0 unspecified atom stereocenters. The van der Waals surface area contributed by atoms with E-state index in [0.29, 0.717) is 11.3 Å². The molecule has 0 atom stereocenters. The minimum absolute atomic E-state index is 0.109. The van der Waals surface area contributed by atoms with Crippen LogP contribution in [0.2, 0.25) is 0 Å². The Kier molecular flexibility index (Phi) is 4.47. The molecule has 0 aliphatic carbocycles. The van der Waals surface area contributed by atoms with Crippen LogP contribution in [0.3, 0.4) is 0 Å². The van der Waals surface area contributed by atoms with Gasteiger partial charge in [-0.3, -0.25) is 0 Å². The first-order valence-corrected chi connectivity index (χ1v) is 7.26. The second kappa shape index (κ2) is 6.10. The average molecular weight is 283 g/mol. The number of rotatable bonds is 5. The average Bonchev–Trinajstić information content (AvgIpc) is 2.82. The smallest absolute Gasteiger partial charge is 0.152 e. The van der Waals surface area contributed by atoms with Gasteiger partial charge in [0.15, 0.2) is 5.82 Å². The highest BCUT2D eigenvalue weighted by Gasteiger charge is 2.11. The van der Waals surface area contributed by atoms with E-state index in [0.717, 1.165) is 11.5 Å². The van der Waals surface area contributed by atoms with Crippen molar-refractivity contribution in [1.29, 1.82) is 0 Å². The Bertz CT molecular complexity index is 569. The molecule has 0 aliphatic heterocycles. The van der Waals surface area contributed by atoms with Crippen molar-refractivity contribution in [2.75, 3.05) is 11.6 Å². The quantitative estimate of drug-likeness (QED) is 0.883. The van der Waals surface area contributed by atoms with E-state index in [1.807, 2.05) is 18.4 Å². The monoisotopic (exact) mass is 283 g/mol. The second-order valence-corrected chi connectivity index (χ2v) is 5.07. The topological polar surface area (TPSA) is 25.2 Å². The maximum Gasteiger partial charge on any atom is 0.152 e. The van der Waals surface area contributed by atoms with Crippen LogP contribution >= 0.6 is 11.8 Å². The SMILES string of the molecule is CSCc1ccc(CNc2c(F)ccc(C)c2F)o1. The third-order valence-corrected chi connectivity index (χ3v) is 3.30. The van der Waals surface area contributed by atoms with Gasteiger partial charge in [0, 0.05) is 0 Å². The molecule has 0 aliphatic rings. The van der Waals surface area contributed by atoms with E-state index in [2.05, 4.69) is 5.32 Å². The van der Waals surface area contributed by atoms with E-state index in [9.17, 15) is 8.78 Å². The number of thioether (sulfide) groups is 1. The Labute approximate surface area is 115 Å². The molecule has 0 fully saturated rings. The van der Waals surface area contributed by atoms with Gasteiger partial charge in [-0.1, -0.05) is 6.07 Å². The van der Waals surface area contributed by atoms with Gasteiger partial charge in [-0.25, -0.2) is 8.78 Å². The highest BCUT2D eigenvalue weighted by Crippen LogP contribution is 2.23. The molecule has 0 radical (unpaired) electrons. The molecule has 0 spiro atoms. The lowest BCUT2D eigenvalue weighted by molar-refractivity contribution is 0.486. The number of aryl methyl sites for hydroxylation is 1. The summed E-state index contributed by atoms with van der Waals surface area (Å²) in [5, 5.41) is 2.74. The summed E-state index contributed by atoms with van der Waals surface area (Å²) in [6, 6.07) is 6.35. The molecule has 102 valence electrons. The standard InChI is InChI=1S/C14H15F2NOS/c1-9-3-6-12(15)14(13(9)16)17-7-10-4-5-11(18-10)8-19-2/h3-6,17H,7-8H2,1-2H3. The molecule has 2 rings (SSSR count). The van der Waals surface area contributed by atoms with Gasteiger partial charge >= 0.3 is 0 Å². The molecule has 0 bridgehead atoms. The van der Waals surface area contributed by atoms with Gasteiger partial charge in [-0.2, -0.15) is 11.8 Å². The van der Waals surface area contributed by atoms with Crippen LogP contribution in [0.25, 0.3) is 0 Å². The summed E-state index contributed by atoms with van der Waals surface area (Å²) >= 11 is 1.66. The van der Waals surface area contributed by atoms with Crippen molar-refractivity contribution in [3.05, 3.63) is 53.0 Å². The van der Waals surface area contributed by atoms with Crippen LogP contribution in [0.5, 0.6) is 0 Å². The number of hydrogen-bond donors (Lipinski definition) is 1. The predicted molar refractivity (Wildman–Crippen MR) is 74.3 cm³/mol. The minimum atomic E-state index is -0.598. The van der Waals surface area contributed by atoms with Gasteiger partial charge in [0.25, 0.3) is 0 Å². The summed E-state index contributed by atoms with van der Waals surface area (Å²) < 4.78 is 32.8. The Balaban J connectivity index is 2.07. The van der Waals surface area contributed by atoms with Crippen molar-refractivity contribution in [2.45, 2.75) is 19.2 Å². The normalized spacial score (nSPS) is 10.7. The minimum Gasteiger partial charge on any atom is -0.463 e. The van der Waals surface area contributed by atoms with Crippen LogP contribution in [0, 0.1) is 18.6 Å². The zero-order valence-electron chi connectivity index (χ0n) is 10.8. The zero-order valence-corrected chi connectivity index (χ0v) is 11.6. The number of furan rings is 1. The Morgan fingerprint density at radius 2 is 1.89 bits per heavy atom. The van der Waals surface area contributed by atoms with E-state index in [1.165, 1.54) is 12.1 Å². The highest BCUT2D eigenvalue weighted by atomic mass is 32.2. The predicted octanol–water partition coefficient (Wildman–Crippen LogP) is 4.34. The molecule has 1 aromatic carbocycles. The fourth-order valence-electron chi connectivity index (χ4n) is 1.73. The van der Waals surface area contributed by atoms with E-state index >= 15 is 0 Å². The van der Waals surface area contributed by atoms with Crippen LogP contribution in [0.15, 0.2) is 28.7 Å². The fraction of sp³-hybridized carbons (Fsp3) is 0.286. The molecule has 5 heteroatoms. The molecule has 1 heterocycles. The van der Waals surface area contributed by atoms with Crippen molar-refractivity contribution >= 4 is 17.4 Å². The number of nitrogens with one attached hydrogen (secondary N) is 1. The van der Waals surface area contributed by atoms with Crippen molar-refractivity contribution in [3.8, 4) is 0 Å². The Hall–Kier alpha value is -1.49. The molecule has 19 heavy (non-hydrogen) atoms. The lowest BCUT2D eigenvalue weighted by Gasteiger charge is -2.09. The van der Waals surface area contributed by atoms with Crippen molar-refractivity contribution in [2.24, 2.45) is 0 Å². The zero-order chi connectivity index (χ0) is 13.8. The molecule has 0 amide bonds. The third-order valence-electron chi connectivity index (χ3n) is 2.73. The van der Waals surface area contributed by atoms with E-state index < -0.39 is 11.6 Å². The number of anilines is 1. The maximum absolute atomic E-state index is 13.8. The highest BCUT2D eigenvalue weighted by molar-refractivity contribution is 7.97. The molecule has 1 N–H and O–H groups in total. The summed E-state index contributed by atoms with van der Waals surface area (Å²) in [5.74, 6) is 1.14. The summed E-state index contributed by atoms with van der Waals surface area (Å²) in [6.07, 6.45) is 1.98. The second-order valence-electron chi connectivity index (χ2n) is 4.21. The summed E-state index contributed by atoms with van der Waals surface area (Å²) in [6.45, 7) is 1.86. The number of halogens is 2. The van der Waals surface area contributed by atoms with Crippen LogP contribution in [0.4, 0.5) is 14.5 Å². The molecular weight excluding hydrogens is 268 g/mol. The Morgan fingerprint density at radius 1 is 1.16 bits per heavy atom. The lowest BCUT2D eigenvalue weighted by atomic mass is 10.2. The third kappa shape index (κ3) is 3.29. The Morgan fingerprint density at radius 3 is 2.63 bits per heavy atom. The fourth-order valence-corrected chi connectivity index (χ4v) is 2.17. The molecule has 0 saturated carbocycles. The maximum atomic E-state index is 13.8. The first-order chi connectivity index (χ1) is 9.11. The summed E-state index contributed by atoms with van der Waals surface area (Å²) in [4.78, 5) is 0. The first-order valence-electron chi connectivity index (χ1n) is 5.87. The largest absolute Gasteiger partial charge is 0.463 e. The van der Waals surface area contributed by atoms with Crippen molar-refractivity contribution in [1.82, 2.24) is 0 Å². The molecule has 1 aromatic heterocycles. The van der Waals surface area contributed by atoms with Crippen LogP contribution in [-0.2, 0) is 12.3 Å². The summed E-state index contributed by atoms with van der Waals surface area (Å²) in [5.41, 5.74) is 0.300. The molecular formula is C14H15F2NOS. The van der Waals surface area contributed by atoms with Crippen molar-refractivity contribution < 1.29 is 13.2 Å². The van der Waals surface area contributed by atoms with Gasteiger partial charge in [0.1, 0.15) is 23.0 Å². The van der Waals surface area contributed by atoms with Gasteiger partial charge in [0.2, 0.25) is 0 Å².